The fourth-order valence-corrected chi connectivity index (χ4v) is 4.09. The Bertz CT molecular complexity index is 782. The molecule has 1 N–H and O–H groups in total. The normalized spacial score (nSPS) is 19.4. The van der Waals surface area contributed by atoms with Crippen LogP contribution in [-0.2, 0) is 16.4 Å². The number of sulfone groups is 1. The van der Waals surface area contributed by atoms with Crippen molar-refractivity contribution in [1.82, 2.24) is 5.32 Å². The summed E-state index contributed by atoms with van der Waals surface area (Å²) < 4.78 is 33.8. The van der Waals surface area contributed by atoms with Crippen molar-refractivity contribution in [1.29, 1.82) is 0 Å². The second kappa shape index (κ2) is 6.45. The van der Waals surface area contributed by atoms with E-state index in [1.54, 1.807) is 12.1 Å². The first-order chi connectivity index (χ1) is 11.0. The highest BCUT2D eigenvalue weighted by atomic mass is 32.2. The molecule has 1 fully saturated rings. The summed E-state index contributed by atoms with van der Waals surface area (Å²) in [4.78, 5) is 12.1. The van der Waals surface area contributed by atoms with Gasteiger partial charge in [0.2, 0.25) is 0 Å². The third-order valence-corrected chi connectivity index (χ3v) is 5.35. The molecule has 0 saturated carbocycles. The van der Waals surface area contributed by atoms with Crippen LogP contribution in [0.4, 0.5) is 0 Å². The lowest BCUT2D eigenvalue weighted by atomic mass is 10.2. The number of rotatable bonds is 5. The van der Waals surface area contributed by atoms with Crippen molar-refractivity contribution < 1.29 is 22.4 Å². The van der Waals surface area contributed by atoms with Crippen LogP contribution in [0.1, 0.15) is 22.7 Å². The number of carbonyl (C=O) groups excluding carboxylic acids is 1. The van der Waals surface area contributed by atoms with Crippen LogP contribution < -0.4 is 10.1 Å². The van der Waals surface area contributed by atoms with Crippen LogP contribution in [-0.4, -0.2) is 31.9 Å². The number of amides is 1. The molecule has 1 saturated heterocycles. The number of nitrogens with one attached hydrogen (secondary N) is 1. The number of benzene rings is 1. The lowest BCUT2D eigenvalue weighted by Crippen LogP contribution is -2.35. The molecular weight excluding hydrogens is 318 g/mol. The summed E-state index contributed by atoms with van der Waals surface area (Å²) in [6, 6.07) is 12.2. The first-order valence-corrected chi connectivity index (χ1v) is 9.12. The van der Waals surface area contributed by atoms with E-state index in [2.05, 4.69) is 5.32 Å². The van der Waals surface area contributed by atoms with E-state index in [0.717, 1.165) is 0 Å². The van der Waals surface area contributed by atoms with E-state index in [1.807, 2.05) is 30.3 Å². The zero-order chi connectivity index (χ0) is 16.3. The van der Waals surface area contributed by atoms with Gasteiger partial charge in [0.15, 0.2) is 15.6 Å². The fourth-order valence-electron chi connectivity index (χ4n) is 2.41. The third kappa shape index (κ3) is 4.13. The summed E-state index contributed by atoms with van der Waals surface area (Å²) in [7, 11) is -3.02. The number of hydrogen-bond acceptors (Lipinski definition) is 5. The molecule has 7 heteroatoms. The molecule has 0 radical (unpaired) electrons. The van der Waals surface area contributed by atoms with Gasteiger partial charge in [-0.25, -0.2) is 8.42 Å². The second-order valence-electron chi connectivity index (χ2n) is 5.44. The zero-order valence-electron chi connectivity index (χ0n) is 12.4. The van der Waals surface area contributed by atoms with Crippen LogP contribution >= 0.6 is 0 Å². The first-order valence-electron chi connectivity index (χ1n) is 7.30. The van der Waals surface area contributed by atoms with Crippen molar-refractivity contribution >= 4 is 15.7 Å². The number of carbonyl (C=O) groups is 1. The van der Waals surface area contributed by atoms with E-state index in [1.165, 1.54) is 0 Å². The molecule has 1 atom stereocenters. The Morgan fingerprint density at radius 2 is 2.00 bits per heavy atom. The molecule has 6 nitrogen and oxygen atoms in total. The molecule has 23 heavy (non-hydrogen) atoms. The Labute approximate surface area is 134 Å². The average Bonchev–Trinajstić information content (AvgIpc) is 3.13. The average molecular weight is 335 g/mol. The van der Waals surface area contributed by atoms with Gasteiger partial charge in [0.05, 0.1) is 11.5 Å². The second-order valence-corrected chi connectivity index (χ2v) is 7.67. The van der Waals surface area contributed by atoms with Crippen molar-refractivity contribution in [3.63, 3.8) is 0 Å². The molecule has 3 rings (SSSR count). The molecule has 1 aromatic carbocycles. The predicted molar refractivity (Wildman–Crippen MR) is 84.0 cm³/mol. The van der Waals surface area contributed by atoms with Gasteiger partial charge >= 0.3 is 0 Å². The Morgan fingerprint density at radius 3 is 2.70 bits per heavy atom. The summed E-state index contributed by atoms with van der Waals surface area (Å²) in [6.07, 6.45) is 0.443. The maximum atomic E-state index is 12.1. The predicted octanol–water partition coefficient (Wildman–Crippen LogP) is 1.78. The fraction of sp³-hybridized carbons (Fsp3) is 0.312. The molecule has 2 heterocycles. The summed E-state index contributed by atoms with van der Waals surface area (Å²) in [6.45, 7) is 0.217. The van der Waals surface area contributed by atoms with Gasteiger partial charge in [-0.15, -0.1) is 0 Å². The molecule has 122 valence electrons. The smallest absolute Gasteiger partial charge is 0.287 e. The minimum absolute atomic E-state index is 0.0105. The van der Waals surface area contributed by atoms with Crippen LogP contribution in [0.3, 0.4) is 0 Å². The summed E-state index contributed by atoms with van der Waals surface area (Å²) >= 11 is 0. The van der Waals surface area contributed by atoms with E-state index in [9.17, 15) is 13.2 Å². The standard InChI is InChI=1S/C16H17NO5S/c18-16(17-12-8-9-23(19,20)11-12)15-7-6-14(22-15)10-21-13-4-2-1-3-5-13/h1-7,12H,8-11H2,(H,17,18). The van der Waals surface area contributed by atoms with Gasteiger partial charge in [-0.3, -0.25) is 4.79 Å². The highest BCUT2D eigenvalue weighted by Gasteiger charge is 2.29. The SMILES string of the molecule is O=C(NC1CCS(=O)(=O)C1)c1ccc(COc2ccccc2)o1. The van der Waals surface area contributed by atoms with Crippen LogP contribution in [0.25, 0.3) is 0 Å². The molecule has 2 aromatic rings. The number of furan rings is 1. The van der Waals surface area contributed by atoms with Gasteiger partial charge in [-0.1, -0.05) is 18.2 Å². The molecule has 1 amide bonds. The molecule has 1 aliphatic heterocycles. The van der Waals surface area contributed by atoms with Crippen LogP contribution in [0.5, 0.6) is 5.75 Å². The molecule has 1 aliphatic rings. The topological polar surface area (TPSA) is 85.6 Å². The molecule has 0 spiro atoms. The van der Waals surface area contributed by atoms with E-state index in [-0.39, 0.29) is 29.9 Å². The van der Waals surface area contributed by atoms with Gasteiger partial charge in [-0.2, -0.15) is 0 Å². The lowest BCUT2D eigenvalue weighted by Gasteiger charge is -2.08. The van der Waals surface area contributed by atoms with E-state index in [4.69, 9.17) is 9.15 Å². The minimum atomic E-state index is -3.02. The summed E-state index contributed by atoms with van der Waals surface area (Å²) in [5, 5.41) is 2.69. The number of para-hydroxylation sites is 1. The number of hydrogen-bond donors (Lipinski definition) is 1. The van der Waals surface area contributed by atoms with Crippen molar-refractivity contribution in [3.8, 4) is 5.75 Å². The Balaban J connectivity index is 1.55. The Hall–Kier alpha value is -2.28. The minimum Gasteiger partial charge on any atom is -0.486 e. The molecular formula is C16H17NO5S. The van der Waals surface area contributed by atoms with Crippen LogP contribution in [0.2, 0.25) is 0 Å². The highest BCUT2D eigenvalue weighted by molar-refractivity contribution is 7.91. The van der Waals surface area contributed by atoms with Crippen molar-refractivity contribution in [2.45, 2.75) is 19.1 Å². The Kier molecular flexibility index (Phi) is 4.38. The monoisotopic (exact) mass is 335 g/mol. The highest BCUT2D eigenvalue weighted by Crippen LogP contribution is 2.15. The number of ether oxygens (including phenoxy) is 1. The van der Waals surface area contributed by atoms with E-state index >= 15 is 0 Å². The molecule has 0 aliphatic carbocycles. The van der Waals surface area contributed by atoms with Gasteiger partial charge in [0, 0.05) is 6.04 Å². The van der Waals surface area contributed by atoms with Crippen molar-refractivity contribution in [2.75, 3.05) is 11.5 Å². The van der Waals surface area contributed by atoms with Gasteiger partial charge in [0.1, 0.15) is 18.1 Å². The maximum absolute atomic E-state index is 12.1. The maximum Gasteiger partial charge on any atom is 0.287 e. The quantitative estimate of drug-likeness (QED) is 0.900. The zero-order valence-corrected chi connectivity index (χ0v) is 13.2. The summed E-state index contributed by atoms with van der Waals surface area (Å²) in [5.41, 5.74) is 0. The van der Waals surface area contributed by atoms with Gasteiger partial charge in [-0.05, 0) is 30.7 Å². The first kappa shape index (κ1) is 15.6. The summed E-state index contributed by atoms with van der Waals surface area (Å²) in [5.74, 6) is 1.10. The van der Waals surface area contributed by atoms with E-state index < -0.39 is 15.7 Å². The molecule has 1 aromatic heterocycles. The molecule has 1 unspecified atom stereocenters. The lowest BCUT2D eigenvalue weighted by molar-refractivity contribution is 0.0909. The van der Waals surface area contributed by atoms with Crippen LogP contribution in [0, 0.1) is 0 Å². The van der Waals surface area contributed by atoms with Gasteiger partial charge in [0.25, 0.3) is 5.91 Å². The van der Waals surface area contributed by atoms with Crippen molar-refractivity contribution in [3.05, 3.63) is 54.0 Å². The molecule has 0 bridgehead atoms. The Morgan fingerprint density at radius 1 is 1.22 bits per heavy atom. The third-order valence-electron chi connectivity index (χ3n) is 3.58. The van der Waals surface area contributed by atoms with E-state index in [0.29, 0.717) is 17.9 Å². The van der Waals surface area contributed by atoms with Crippen LogP contribution in [0.15, 0.2) is 46.9 Å². The van der Waals surface area contributed by atoms with Gasteiger partial charge < -0.3 is 14.5 Å². The largest absolute Gasteiger partial charge is 0.486 e. The van der Waals surface area contributed by atoms with Crippen molar-refractivity contribution in [2.24, 2.45) is 0 Å².